The number of ether oxygens (including phenoxy) is 1. The molecular formula is C12H14BrNO3S. The molecule has 0 saturated carbocycles. The molecule has 0 spiro atoms. The fraction of sp³-hybridized carbons (Fsp3) is 0.333. The highest BCUT2D eigenvalue weighted by Gasteiger charge is 2.19. The molecule has 0 amide bonds. The highest BCUT2D eigenvalue weighted by Crippen LogP contribution is 2.26. The average molecular weight is 332 g/mol. The Balaban J connectivity index is 2.91. The number of hydrogen-bond donors (Lipinski definition) is 1. The van der Waals surface area contributed by atoms with E-state index >= 15 is 0 Å². The van der Waals surface area contributed by atoms with Gasteiger partial charge in [0.2, 0.25) is 10.0 Å². The van der Waals surface area contributed by atoms with Crippen LogP contribution in [0.2, 0.25) is 0 Å². The van der Waals surface area contributed by atoms with Gasteiger partial charge in [-0.05, 0) is 24.6 Å². The highest BCUT2D eigenvalue weighted by atomic mass is 79.9. The zero-order valence-corrected chi connectivity index (χ0v) is 12.3. The maximum atomic E-state index is 12.1. The minimum Gasteiger partial charge on any atom is -0.495 e. The number of nitrogens with one attached hydrogen (secondary N) is 1. The lowest BCUT2D eigenvalue weighted by Crippen LogP contribution is -2.25. The van der Waals surface area contributed by atoms with Crippen LogP contribution < -0.4 is 9.46 Å². The molecule has 1 aromatic rings. The fourth-order valence-corrected chi connectivity index (χ4v) is 3.11. The van der Waals surface area contributed by atoms with Crippen molar-refractivity contribution in [2.45, 2.75) is 17.7 Å². The summed E-state index contributed by atoms with van der Waals surface area (Å²) in [5.74, 6) is 2.77. The lowest BCUT2D eigenvalue weighted by atomic mass is 10.3. The van der Waals surface area contributed by atoms with E-state index < -0.39 is 10.0 Å². The number of unbranched alkanes of at least 4 members (excludes halogenated alkanes) is 1. The average Bonchev–Trinajstić information content (AvgIpc) is 2.35. The molecule has 0 radical (unpaired) electrons. The topological polar surface area (TPSA) is 55.4 Å². The van der Waals surface area contributed by atoms with Crippen LogP contribution in [0.15, 0.2) is 27.6 Å². The van der Waals surface area contributed by atoms with Crippen molar-refractivity contribution >= 4 is 26.0 Å². The molecule has 0 unspecified atom stereocenters. The minimum atomic E-state index is -3.58. The lowest BCUT2D eigenvalue weighted by molar-refractivity contribution is 0.402. The number of hydrogen-bond acceptors (Lipinski definition) is 3. The van der Waals surface area contributed by atoms with E-state index in [2.05, 4.69) is 26.6 Å². The maximum absolute atomic E-state index is 12.1. The predicted octanol–water partition coefficient (Wildman–Crippen LogP) is 2.15. The van der Waals surface area contributed by atoms with Crippen molar-refractivity contribution in [3.05, 3.63) is 22.7 Å². The predicted molar refractivity (Wildman–Crippen MR) is 73.9 cm³/mol. The summed E-state index contributed by atoms with van der Waals surface area (Å²) in [6.07, 6.45) is 6.24. The first-order valence-corrected chi connectivity index (χ1v) is 7.55. The van der Waals surface area contributed by atoms with Gasteiger partial charge < -0.3 is 4.74 Å². The molecule has 1 aromatic carbocycles. The Morgan fingerprint density at radius 1 is 1.50 bits per heavy atom. The Hall–Kier alpha value is -1.03. The van der Waals surface area contributed by atoms with E-state index in [0.29, 0.717) is 29.6 Å². The normalized spacial score (nSPS) is 10.9. The third kappa shape index (κ3) is 4.02. The van der Waals surface area contributed by atoms with Crippen LogP contribution in [-0.2, 0) is 10.0 Å². The summed E-state index contributed by atoms with van der Waals surface area (Å²) in [6, 6.07) is 4.82. The smallest absolute Gasteiger partial charge is 0.244 e. The van der Waals surface area contributed by atoms with Crippen LogP contribution in [0.25, 0.3) is 0 Å². The molecule has 0 saturated heterocycles. The first kappa shape index (κ1) is 15.0. The van der Waals surface area contributed by atoms with Crippen molar-refractivity contribution in [1.82, 2.24) is 4.72 Å². The number of rotatable bonds is 6. The first-order valence-electron chi connectivity index (χ1n) is 5.28. The molecule has 6 heteroatoms. The molecule has 1 N–H and O–H groups in total. The molecule has 98 valence electrons. The monoisotopic (exact) mass is 331 g/mol. The molecule has 0 aliphatic carbocycles. The van der Waals surface area contributed by atoms with Crippen molar-refractivity contribution in [2.24, 2.45) is 0 Å². The maximum Gasteiger partial charge on any atom is 0.244 e. The van der Waals surface area contributed by atoms with Crippen LogP contribution in [0.5, 0.6) is 5.75 Å². The second kappa shape index (κ2) is 6.78. The molecule has 0 heterocycles. The van der Waals surface area contributed by atoms with E-state index in [1.165, 1.54) is 13.2 Å². The number of benzene rings is 1. The molecular weight excluding hydrogens is 318 g/mol. The van der Waals surface area contributed by atoms with Gasteiger partial charge >= 0.3 is 0 Å². The Kier molecular flexibility index (Phi) is 5.66. The third-order valence-corrected chi connectivity index (χ3v) is 4.18. The summed E-state index contributed by atoms with van der Waals surface area (Å²) in [5, 5.41) is 0. The third-order valence-electron chi connectivity index (χ3n) is 2.21. The molecule has 18 heavy (non-hydrogen) atoms. The Bertz CT molecular complexity index is 549. The van der Waals surface area contributed by atoms with Gasteiger partial charge in [-0.2, -0.15) is 0 Å². The van der Waals surface area contributed by atoms with Crippen molar-refractivity contribution < 1.29 is 13.2 Å². The van der Waals surface area contributed by atoms with Gasteiger partial charge in [0.15, 0.2) is 0 Å². The highest BCUT2D eigenvalue weighted by molar-refractivity contribution is 9.10. The van der Waals surface area contributed by atoms with E-state index in [1.54, 1.807) is 12.1 Å². The van der Waals surface area contributed by atoms with Crippen molar-refractivity contribution in [1.29, 1.82) is 0 Å². The molecule has 0 bridgehead atoms. The van der Waals surface area contributed by atoms with E-state index in [-0.39, 0.29) is 4.90 Å². The summed E-state index contributed by atoms with van der Waals surface area (Å²) in [5.41, 5.74) is 0. The molecule has 0 fully saturated rings. The lowest BCUT2D eigenvalue weighted by Gasteiger charge is -2.10. The summed E-state index contributed by atoms with van der Waals surface area (Å²) in [4.78, 5) is 0.111. The van der Waals surface area contributed by atoms with Gasteiger partial charge in [0, 0.05) is 17.4 Å². The second-order valence-corrected chi connectivity index (χ2v) is 6.15. The van der Waals surface area contributed by atoms with Crippen molar-refractivity contribution in [3.63, 3.8) is 0 Å². The number of halogens is 1. The number of terminal acetylenes is 1. The van der Waals surface area contributed by atoms with Crippen LogP contribution >= 0.6 is 15.9 Å². The van der Waals surface area contributed by atoms with E-state index in [0.717, 1.165) is 0 Å². The SMILES string of the molecule is C#CCCCNS(=O)(=O)c1cc(Br)ccc1OC. The summed E-state index contributed by atoms with van der Waals surface area (Å²) < 4.78 is 32.3. The summed E-state index contributed by atoms with van der Waals surface area (Å²) in [7, 11) is -2.15. The van der Waals surface area contributed by atoms with Gasteiger partial charge in [-0.15, -0.1) is 12.3 Å². The van der Waals surface area contributed by atoms with Gasteiger partial charge in [-0.25, -0.2) is 13.1 Å². The van der Waals surface area contributed by atoms with Crippen LogP contribution in [-0.4, -0.2) is 22.1 Å². The minimum absolute atomic E-state index is 0.111. The molecule has 0 atom stereocenters. The zero-order valence-electron chi connectivity index (χ0n) is 9.94. The van der Waals surface area contributed by atoms with Gasteiger partial charge in [-0.3, -0.25) is 0 Å². The van der Waals surface area contributed by atoms with E-state index in [4.69, 9.17) is 11.2 Å². The zero-order chi connectivity index (χ0) is 13.6. The van der Waals surface area contributed by atoms with Gasteiger partial charge in [-0.1, -0.05) is 15.9 Å². The molecule has 1 rings (SSSR count). The van der Waals surface area contributed by atoms with E-state index in [1.807, 2.05) is 0 Å². The molecule has 0 aromatic heterocycles. The Morgan fingerprint density at radius 3 is 2.83 bits per heavy atom. The van der Waals surface area contributed by atoms with Gasteiger partial charge in [0.25, 0.3) is 0 Å². The number of sulfonamides is 1. The van der Waals surface area contributed by atoms with E-state index in [9.17, 15) is 8.42 Å². The second-order valence-electron chi connectivity index (χ2n) is 3.50. The van der Waals surface area contributed by atoms with Crippen LogP contribution in [0.1, 0.15) is 12.8 Å². The Morgan fingerprint density at radius 2 is 2.22 bits per heavy atom. The quantitative estimate of drug-likeness (QED) is 0.641. The van der Waals surface area contributed by atoms with Crippen LogP contribution in [0.4, 0.5) is 0 Å². The molecule has 0 aliphatic rings. The fourth-order valence-electron chi connectivity index (χ4n) is 1.34. The summed E-state index contributed by atoms with van der Waals surface area (Å²) in [6.45, 7) is 0.308. The van der Waals surface area contributed by atoms with Crippen molar-refractivity contribution in [3.8, 4) is 18.1 Å². The molecule has 0 aliphatic heterocycles. The van der Waals surface area contributed by atoms with Crippen LogP contribution in [0.3, 0.4) is 0 Å². The first-order chi connectivity index (χ1) is 8.51. The summed E-state index contributed by atoms with van der Waals surface area (Å²) >= 11 is 3.24. The van der Waals surface area contributed by atoms with Crippen molar-refractivity contribution in [2.75, 3.05) is 13.7 Å². The Labute approximate surface area is 116 Å². The number of methoxy groups -OCH3 is 1. The van der Waals surface area contributed by atoms with Gasteiger partial charge in [0.1, 0.15) is 10.6 Å². The largest absolute Gasteiger partial charge is 0.495 e. The van der Waals surface area contributed by atoms with Gasteiger partial charge in [0.05, 0.1) is 7.11 Å². The standard InChI is InChI=1S/C12H14BrNO3S/c1-3-4-5-8-14-18(15,16)12-9-10(13)6-7-11(12)17-2/h1,6-7,9,14H,4-5,8H2,2H3. The van der Waals surface area contributed by atoms with Crippen LogP contribution in [0, 0.1) is 12.3 Å². The molecule has 4 nitrogen and oxygen atoms in total.